The van der Waals surface area contributed by atoms with Gasteiger partial charge in [-0.2, -0.15) is 0 Å². The van der Waals surface area contributed by atoms with E-state index >= 15 is 0 Å². The van der Waals surface area contributed by atoms with E-state index in [-0.39, 0.29) is 6.10 Å². The molecule has 2 heterocycles. The van der Waals surface area contributed by atoms with Crippen molar-refractivity contribution < 1.29 is 5.11 Å². The second-order valence-electron chi connectivity index (χ2n) is 4.99. The lowest BCUT2D eigenvalue weighted by Crippen LogP contribution is -2.63. The molecule has 0 amide bonds. The Morgan fingerprint density at radius 2 is 2.14 bits per heavy atom. The molecule has 0 aromatic heterocycles. The number of nitrogens with one attached hydrogen (secondary N) is 1. The van der Waals surface area contributed by atoms with Crippen molar-refractivity contribution in [1.29, 1.82) is 0 Å². The van der Waals surface area contributed by atoms with Crippen molar-refractivity contribution in [3.05, 3.63) is 0 Å². The summed E-state index contributed by atoms with van der Waals surface area (Å²) >= 11 is 0. The van der Waals surface area contributed by atoms with Crippen molar-refractivity contribution in [3.8, 4) is 0 Å². The van der Waals surface area contributed by atoms with Gasteiger partial charge in [-0.3, -0.25) is 4.90 Å². The fraction of sp³-hybridized carbons (Fsp3) is 1.00. The van der Waals surface area contributed by atoms with E-state index in [0.717, 1.165) is 25.4 Å². The highest BCUT2D eigenvalue weighted by atomic mass is 16.3. The molecule has 2 saturated heterocycles. The molecule has 0 radical (unpaired) electrons. The number of aliphatic hydroxyl groups is 1. The van der Waals surface area contributed by atoms with Gasteiger partial charge in [0.05, 0.1) is 6.10 Å². The maximum Gasteiger partial charge on any atom is 0.0667 e. The van der Waals surface area contributed by atoms with Gasteiger partial charge in [-0.15, -0.1) is 0 Å². The molecule has 2 N–H and O–H groups in total. The van der Waals surface area contributed by atoms with E-state index in [1.807, 2.05) is 6.92 Å². The summed E-state index contributed by atoms with van der Waals surface area (Å²) in [6, 6.07) is 1.08. The van der Waals surface area contributed by atoms with Crippen LogP contribution in [0.3, 0.4) is 0 Å². The van der Waals surface area contributed by atoms with E-state index in [2.05, 4.69) is 17.1 Å². The third kappa shape index (κ3) is 1.95. The third-order valence-corrected chi connectivity index (χ3v) is 3.74. The van der Waals surface area contributed by atoms with Crippen LogP contribution < -0.4 is 5.32 Å². The van der Waals surface area contributed by atoms with E-state index in [4.69, 9.17) is 0 Å². The van der Waals surface area contributed by atoms with Gasteiger partial charge in [0, 0.05) is 25.2 Å². The fourth-order valence-corrected chi connectivity index (χ4v) is 2.64. The van der Waals surface area contributed by atoms with Crippen LogP contribution in [-0.2, 0) is 0 Å². The first-order valence-electron chi connectivity index (χ1n) is 5.83. The minimum atomic E-state index is -0.182. The normalized spacial score (nSPS) is 37.9. The molecule has 3 unspecified atom stereocenters. The number of hydrogen-bond acceptors (Lipinski definition) is 3. The monoisotopic (exact) mass is 198 g/mol. The lowest BCUT2D eigenvalue weighted by molar-refractivity contribution is -0.0176. The van der Waals surface area contributed by atoms with E-state index in [1.165, 1.54) is 13.0 Å². The van der Waals surface area contributed by atoms with Crippen LogP contribution in [0.15, 0.2) is 0 Å². The predicted octanol–water partition coefficient (Wildman–Crippen LogP) is 0.439. The van der Waals surface area contributed by atoms with Crippen LogP contribution in [0.2, 0.25) is 0 Å². The molecular weight excluding hydrogens is 176 g/mol. The maximum atomic E-state index is 9.77. The summed E-state index contributed by atoms with van der Waals surface area (Å²) in [5.41, 5.74) is 0. The molecule has 2 aliphatic rings. The summed E-state index contributed by atoms with van der Waals surface area (Å²) in [7, 11) is 0. The largest absolute Gasteiger partial charge is 0.392 e. The lowest BCUT2D eigenvalue weighted by atomic mass is 9.88. The Morgan fingerprint density at radius 1 is 1.43 bits per heavy atom. The Morgan fingerprint density at radius 3 is 2.64 bits per heavy atom. The van der Waals surface area contributed by atoms with Gasteiger partial charge in [-0.1, -0.05) is 6.92 Å². The topological polar surface area (TPSA) is 35.5 Å². The third-order valence-electron chi connectivity index (χ3n) is 3.74. The van der Waals surface area contributed by atoms with Gasteiger partial charge in [0.25, 0.3) is 0 Å². The second kappa shape index (κ2) is 4.17. The van der Waals surface area contributed by atoms with Gasteiger partial charge < -0.3 is 10.4 Å². The van der Waals surface area contributed by atoms with Gasteiger partial charge in [0.15, 0.2) is 0 Å². The quantitative estimate of drug-likeness (QED) is 0.676. The number of piperidine rings is 1. The van der Waals surface area contributed by atoms with Crippen LogP contribution in [0.5, 0.6) is 0 Å². The Bertz CT molecular complexity index is 192. The molecule has 2 fully saturated rings. The molecule has 2 aliphatic heterocycles. The van der Waals surface area contributed by atoms with E-state index in [0.29, 0.717) is 12.1 Å². The van der Waals surface area contributed by atoms with Crippen LogP contribution in [-0.4, -0.2) is 47.8 Å². The molecule has 3 nitrogen and oxygen atoms in total. The van der Waals surface area contributed by atoms with Crippen molar-refractivity contribution >= 4 is 0 Å². The maximum absolute atomic E-state index is 9.77. The summed E-state index contributed by atoms with van der Waals surface area (Å²) < 4.78 is 0. The van der Waals surface area contributed by atoms with E-state index < -0.39 is 0 Å². The standard InChI is InChI=1S/C11H22N2O/c1-8-3-4-13(10-6-12-7-10)11(5-8)9(2)14/h8-12,14H,3-7H2,1-2H3. The highest BCUT2D eigenvalue weighted by molar-refractivity contribution is 4.93. The number of likely N-dealkylation sites (tertiary alicyclic amines) is 1. The Balaban J connectivity index is 1.98. The number of rotatable bonds is 2. The van der Waals surface area contributed by atoms with E-state index in [1.54, 1.807) is 0 Å². The molecule has 82 valence electrons. The van der Waals surface area contributed by atoms with Gasteiger partial charge in [-0.25, -0.2) is 0 Å². The molecule has 0 aliphatic carbocycles. The molecule has 0 bridgehead atoms. The van der Waals surface area contributed by atoms with Crippen molar-refractivity contribution in [1.82, 2.24) is 10.2 Å². The zero-order valence-electron chi connectivity index (χ0n) is 9.24. The first-order valence-corrected chi connectivity index (χ1v) is 5.83. The molecule has 14 heavy (non-hydrogen) atoms. The minimum absolute atomic E-state index is 0.182. The smallest absolute Gasteiger partial charge is 0.0667 e. The van der Waals surface area contributed by atoms with Crippen LogP contribution in [0, 0.1) is 5.92 Å². The molecule has 0 aromatic carbocycles. The van der Waals surface area contributed by atoms with E-state index in [9.17, 15) is 5.11 Å². The molecule has 0 aromatic rings. The van der Waals surface area contributed by atoms with Gasteiger partial charge in [0.1, 0.15) is 0 Å². The van der Waals surface area contributed by atoms with Crippen LogP contribution in [0.1, 0.15) is 26.7 Å². The SMILES string of the molecule is CC1CCN(C2CNC2)C(C(C)O)C1. The summed E-state index contributed by atoms with van der Waals surface area (Å²) in [5, 5.41) is 13.1. The molecule has 3 heteroatoms. The second-order valence-corrected chi connectivity index (χ2v) is 4.99. The highest BCUT2D eigenvalue weighted by Crippen LogP contribution is 2.27. The Labute approximate surface area is 86.5 Å². The number of hydrogen-bond donors (Lipinski definition) is 2. The molecule has 0 spiro atoms. The molecule has 2 rings (SSSR count). The molecule has 3 atom stereocenters. The van der Waals surface area contributed by atoms with Gasteiger partial charge >= 0.3 is 0 Å². The Hall–Kier alpha value is -0.120. The summed E-state index contributed by atoms with van der Waals surface area (Å²) in [5.74, 6) is 0.777. The summed E-state index contributed by atoms with van der Waals surface area (Å²) in [6.07, 6.45) is 2.27. The average molecular weight is 198 g/mol. The number of nitrogens with zero attached hydrogens (tertiary/aromatic N) is 1. The first-order chi connectivity index (χ1) is 6.68. The number of aliphatic hydroxyl groups excluding tert-OH is 1. The first kappa shape index (κ1) is 10.4. The summed E-state index contributed by atoms with van der Waals surface area (Å²) in [4.78, 5) is 2.52. The Kier molecular flexibility index (Phi) is 3.10. The molecule has 0 saturated carbocycles. The van der Waals surface area contributed by atoms with Gasteiger partial charge in [-0.05, 0) is 32.2 Å². The fourth-order valence-electron chi connectivity index (χ4n) is 2.64. The lowest BCUT2D eigenvalue weighted by Gasteiger charge is -2.47. The van der Waals surface area contributed by atoms with Crippen molar-refractivity contribution in [2.75, 3.05) is 19.6 Å². The predicted molar refractivity (Wildman–Crippen MR) is 57.2 cm³/mol. The van der Waals surface area contributed by atoms with Crippen molar-refractivity contribution in [2.45, 2.75) is 44.9 Å². The minimum Gasteiger partial charge on any atom is -0.392 e. The zero-order chi connectivity index (χ0) is 10.1. The highest BCUT2D eigenvalue weighted by Gasteiger charge is 2.36. The summed E-state index contributed by atoms with van der Waals surface area (Å²) in [6.45, 7) is 7.62. The van der Waals surface area contributed by atoms with Crippen molar-refractivity contribution in [2.24, 2.45) is 5.92 Å². The van der Waals surface area contributed by atoms with Crippen LogP contribution >= 0.6 is 0 Å². The van der Waals surface area contributed by atoms with Crippen LogP contribution in [0.25, 0.3) is 0 Å². The average Bonchev–Trinajstić information content (AvgIpc) is 2.04. The zero-order valence-corrected chi connectivity index (χ0v) is 9.24. The van der Waals surface area contributed by atoms with Gasteiger partial charge in [0.2, 0.25) is 0 Å². The van der Waals surface area contributed by atoms with Crippen LogP contribution in [0.4, 0.5) is 0 Å². The molecular formula is C11H22N2O. The van der Waals surface area contributed by atoms with Crippen molar-refractivity contribution in [3.63, 3.8) is 0 Å².